The molecule has 0 aromatic heterocycles. The number of nitrogens with one attached hydrogen (secondary N) is 1. The highest BCUT2D eigenvalue weighted by Gasteiger charge is 2.56. The maximum absolute atomic E-state index is 12.4. The molecular weight excluding hydrogens is 240 g/mol. The summed E-state index contributed by atoms with van der Waals surface area (Å²) in [7, 11) is 0. The third kappa shape index (κ3) is 2.63. The highest BCUT2D eigenvalue weighted by molar-refractivity contribution is 5.99. The summed E-state index contributed by atoms with van der Waals surface area (Å²) in [6.45, 7) is 10.9. The van der Waals surface area contributed by atoms with Crippen LogP contribution in [-0.4, -0.2) is 34.8 Å². The molecule has 1 N–H and O–H groups in total. The number of piperazine rings is 1. The molecule has 4 nitrogen and oxygen atoms in total. The molecule has 1 saturated carbocycles. The van der Waals surface area contributed by atoms with E-state index in [-0.39, 0.29) is 23.3 Å². The zero-order valence-corrected chi connectivity index (χ0v) is 12.7. The molecule has 1 aliphatic carbocycles. The first-order chi connectivity index (χ1) is 8.66. The van der Waals surface area contributed by atoms with Crippen LogP contribution >= 0.6 is 0 Å². The van der Waals surface area contributed by atoms with Crippen LogP contribution in [0.3, 0.4) is 0 Å². The van der Waals surface area contributed by atoms with Crippen molar-refractivity contribution in [3.8, 4) is 0 Å². The van der Waals surface area contributed by atoms with Gasteiger partial charge in [-0.25, -0.2) is 0 Å². The Morgan fingerprint density at radius 2 is 1.89 bits per heavy atom. The smallest absolute Gasteiger partial charge is 0.246 e. The minimum atomic E-state index is -0.630. The fourth-order valence-electron chi connectivity index (χ4n) is 2.83. The first-order valence-electron chi connectivity index (χ1n) is 7.29. The van der Waals surface area contributed by atoms with E-state index in [4.69, 9.17) is 0 Å². The SMILES string of the molecule is CC1NC(=O)C(C)(C2CC2)N(CCC(C)(C)C)C1=O. The monoisotopic (exact) mass is 266 g/mol. The van der Waals surface area contributed by atoms with Crippen LogP contribution < -0.4 is 5.32 Å². The number of hydrogen-bond donors (Lipinski definition) is 1. The summed E-state index contributed by atoms with van der Waals surface area (Å²) in [6.07, 6.45) is 3.02. The highest BCUT2D eigenvalue weighted by atomic mass is 16.2. The predicted molar refractivity (Wildman–Crippen MR) is 74.5 cm³/mol. The lowest BCUT2D eigenvalue weighted by molar-refractivity contribution is -0.158. The zero-order valence-electron chi connectivity index (χ0n) is 12.7. The molecule has 2 fully saturated rings. The van der Waals surface area contributed by atoms with Gasteiger partial charge in [0.25, 0.3) is 0 Å². The molecule has 4 heteroatoms. The molecule has 108 valence electrons. The van der Waals surface area contributed by atoms with Gasteiger partial charge in [0.1, 0.15) is 11.6 Å². The van der Waals surface area contributed by atoms with Crippen molar-refractivity contribution < 1.29 is 9.59 Å². The minimum absolute atomic E-state index is 0.0241. The van der Waals surface area contributed by atoms with E-state index < -0.39 is 5.54 Å². The Kier molecular flexibility index (Phi) is 3.40. The molecule has 2 unspecified atom stereocenters. The van der Waals surface area contributed by atoms with Gasteiger partial charge < -0.3 is 10.2 Å². The van der Waals surface area contributed by atoms with Crippen LogP contribution in [-0.2, 0) is 9.59 Å². The Morgan fingerprint density at radius 3 is 2.37 bits per heavy atom. The molecule has 2 atom stereocenters. The summed E-state index contributed by atoms with van der Waals surface area (Å²) in [5.41, 5.74) is -0.462. The average Bonchev–Trinajstić information content (AvgIpc) is 3.08. The summed E-state index contributed by atoms with van der Waals surface area (Å²) < 4.78 is 0. The van der Waals surface area contributed by atoms with Gasteiger partial charge in [0, 0.05) is 6.54 Å². The molecule has 0 aromatic rings. The van der Waals surface area contributed by atoms with Crippen LogP contribution in [0.4, 0.5) is 0 Å². The summed E-state index contributed by atoms with van der Waals surface area (Å²) in [5, 5.41) is 2.84. The summed E-state index contributed by atoms with van der Waals surface area (Å²) >= 11 is 0. The summed E-state index contributed by atoms with van der Waals surface area (Å²) in [4.78, 5) is 26.7. The molecule has 2 aliphatic rings. The maximum atomic E-state index is 12.4. The average molecular weight is 266 g/mol. The standard InChI is InChI=1S/C15H26N2O2/c1-10-12(18)17(9-8-14(2,3)4)15(5,11-6-7-11)13(19)16-10/h10-11H,6-9H2,1-5H3,(H,16,19). The Labute approximate surface area is 115 Å². The van der Waals surface area contributed by atoms with Gasteiger partial charge in [-0.3, -0.25) is 9.59 Å². The van der Waals surface area contributed by atoms with E-state index in [0.29, 0.717) is 12.5 Å². The lowest BCUT2D eigenvalue weighted by Gasteiger charge is -2.46. The van der Waals surface area contributed by atoms with Crippen LogP contribution in [0, 0.1) is 11.3 Å². The van der Waals surface area contributed by atoms with Crippen molar-refractivity contribution in [1.29, 1.82) is 0 Å². The maximum Gasteiger partial charge on any atom is 0.246 e. The first-order valence-corrected chi connectivity index (χ1v) is 7.29. The van der Waals surface area contributed by atoms with E-state index in [0.717, 1.165) is 19.3 Å². The minimum Gasteiger partial charge on any atom is -0.343 e. The van der Waals surface area contributed by atoms with Gasteiger partial charge in [0.05, 0.1) is 0 Å². The third-order valence-electron chi connectivity index (χ3n) is 4.46. The normalized spacial score (nSPS) is 32.5. The Hall–Kier alpha value is -1.06. The second kappa shape index (κ2) is 4.50. The number of nitrogens with zero attached hydrogens (tertiary/aromatic N) is 1. The van der Waals surface area contributed by atoms with E-state index >= 15 is 0 Å². The highest BCUT2D eigenvalue weighted by Crippen LogP contribution is 2.45. The Morgan fingerprint density at radius 1 is 1.32 bits per heavy atom. The lowest BCUT2D eigenvalue weighted by Crippen LogP contribution is -2.70. The van der Waals surface area contributed by atoms with E-state index in [9.17, 15) is 9.59 Å². The molecule has 19 heavy (non-hydrogen) atoms. The van der Waals surface area contributed by atoms with Crippen molar-refractivity contribution in [2.45, 2.75) is 65.5 Å². The third-order valence-corrected chi connectivity index (χ3v) is 4.46. The van der Waals surface area contributed by atoms with E-state index in [1.165, 1.54) is 0 Å². The second-order valence-electron chi connectivity index (χ2n) is 7.42. The van der Waals surface area contributed by atoms with Gasteiger partial charge in [-0.05, 0) is 44.4 Å². The van der Waals surface area contributed by atoms with Crippen molar-refractivity contribution in [3.63, 3.8) is 0 Å². The number of carbonyl (C=O) groups excluding carboxylic acids is 2. The zero-order chi connectivity index (χ0) is 14.4. The first kappa shape index (κ1) is 14.4. The van der Waals surface area contributed by atoms with Gasteiger partial charge in [0.15, 0.2) is 0 Å². The molecule has 1 saturated heterocycles. The number of rotatable bonds is 3. The van der Waals surface area contributed by atoms with Crippen molar-refractivity contribution >= 4 is 11.8 Å². The molecule has 0 radical (unpaired) electrons. The van der Waals surface area contributed by atoms with E-state index in [1.807, 2.05) is 11.8 Å². The molecule has 1 heterocycles. The fourth-order valence-corrected chi connectivity index (χ4v) is 2.83. The predicted octanol–water partition coefficient (Wildman–Crippen LogP) is 1.94. The van der Waals surface area contributed by atoms with Crippen LogP contribution in [0.25, 0.3) is 0 Å². The molecule has 0 bridgehead atoms. The van der Waals surface area contributed by atoms with E-state index in [2.05, 4.69) is 26.1 Å². The van der Waals surface area contributed by atoms with Gasteiger partial charge in [-0.2, -0.15) is 0 Å². The van der Waals surface area contributed by atoms with Crippen molar-refractivity contribution in [1.82, 2.24) is 10.2 Å². The van der Waals surface area contributed by atoms with Crippen molar-refractivity contribution in [2.75, 3.05) is 6.54 Å². The number of carbonyl (C=O) groups is 2. The van der Waals surface area contributed by atoms with Crippen molar-refractivity contribution in [2.24, 2.45) is 11.3 Å². The summed E-state index contributed by atoms with van der Waals surface area (Å²) in [6, 6.07) is -0.390. The van der Waals surface area contributed by atoms with Crippen LogP contribution in [0.1, 0.15) is 53.9 Å². The Balaban J connectivity index is 2.22. The van der Waals surface area contributed by atoms with Gasteiger partial charge >= 0.3 is 0 Å². The molecule has 1 aliphatic heterocycles. The fraction of sp³-hybridized carbons (Fsp3) is 0.867. The second-order valence-corrected chi connectivity index (χ2v) is 7.42. The van der Waals surface area contributed by atoms with Gasteiger partial charge in [-0.15, -0.1) is 0 Å². The van der Waals surface area contributed by atoms with Gasteiger partial charge in [-0.1, -0.05) is 20.8 Å². The molecule has 2 amide bonds. The Bertz CT molecular complexity index is 395. The molecule has 2 rings (SSSR count). The lowest BCUT2D eigenvalue weighted by atomic mass is 9.86. The largest absolute Gasteiger partial charge is 0.343 e. The molecule has 0 spiro atoms. The van der Waals surface area contributed by atoms with Crippen LogP contribution in [0.15, 0.2) is 0 Å². The number of hydrogen-bond acceptors (Lipinski definition) is 2. The van der Waals surface area contributed by atoms with Crippen LogP contribution in [0.5, 0.6) is 0 Å². The summed E-state index contributed by atoms with van der Waals surface area (Å²) in [5.74, 6) is 0.429. The molecular formula is C15H26N2O2. The van der Waals surface area contributed by atoms with Gasteiger partial charge in [0.2, 0.25) is 11.8 Å². The van der Waals surface area contributed by atoms with E-state index in [1.54, 1.807) is 6.92 Å². The van der Waals surface area contributed by atoms with Crippen LogP contribution in [0.2, 0.25) is 0 Å². The number of amides is 2. The quantitative estimate of drug-likeness (QED) is 0.848. The molecule has 0 aromatic carbocycles. The topological polar surface area (TPSA) is 49.4 Å². The van der Waals surface area contributed by atoms with Crippen molar-refractivity contribution in [3.05, 3.63) is 0 Å².